The maximum absolute atomic E-state index is 9.02. The molecule has 24 nitrogen and oxygen atoms in total. The molecule has 0 aliphatic carbocycles. The number of aromatic nitrogens is 6. The predicted molar refractivity (Wildman–Crippen MR) is 502 cm³/mol. The van der Waals surface area contributed by atoms with E-state index in [0.717, 1.165) is 149 Å². The van der Waals surface area contributed by atoms with E-state index in [4.69, 9.17) is 118 Å². The molecule has 0 aliphatic heterocycles. The van der Waals surface area contributed by atoms with Gasteiger partial charge in [-0.3, -0.25) is 47.1 Å². The molecule has 6 aromatic heterocycles. The second-order valence-electron chi connectivity index (χ2n) is 22.9. The van der Waals surface area contributed by atoms with E-state index in [1.807, 2.05) is 133 Å². The minimum atomic E-state index is 0.000000000000000222. The van der Waals surface area contributed by atoms with E-state index in [0.29, 0.717) is 88.9 Å². The second-order valence-corrected chi connectivity index (χ2v) is 28.7. The summed E-state index contributed by atoms with van der Waals surface area (Å²) in [6.45, 7) is 0. The number of para-hydroxylation sites is 2. The summed E-state index contributed by atoms with van der Waals surface area (Å²) in [7, 11) is 0. The molecular formula is C81H75Cl6N24S6+3. The van der Waals surface area contributed by atoms with Crippen LogP contribution in [-0.2, 0) is 73.4 Å². The van der Waals surface area contributed by atoms with Crippen molar-refractivity contribution in [2.45, 2.75) is 73.4 Å². The topological polar surface area (TPSA) is 497 Å². The molecule has 594 valence electrons. The first-order chi connectivity index (χ1) is 56.6. The van der Waals surface area contributed by atoms with Crippen molar-refractivity contribution in [1.29, 1.82) is 31.6 Å². The molecule has 0 spiro atoms. The molecule has 36 heteroatoms. The number of hydrogen-bond donors (Lipinski definition) is 9. The number of thioether (sulfide) groups is 3. The number of nitriles is 6. The van der Waals surface area contributed by atoms with E-state index >= 15 is 0 Å². The highest BCUT2D eigenvalue weighted by Gasteiger charge is 2.16. The summed E-state index contributed by atoms with van der Waals surface area (Å²) in [4.78, 5) is 25.4. The van der Waals surface area contributed by atoms with Crippen LogP contribution < -0.4 is 65.6 Å². The Balaban J connectivity index is 0.000000288. The lowest BCUT2D eigenvalue weighted by Gasteiger charge is -2.09. The van der Waals surface area contributed by atoms with Crippen LogP contribution in [0.2, 0.25) is 0 Å². The van der Waals surface area contributed by atoms with Crippen molar-refractivity contribution < 1.29 is 0 Å². The molecule has 18 N–H and O–H groups in total. The molecular weight excluding hydrogens is 1710 g/mol. The van der Waals surface area contributed by atoms with Gasteiger partial charge in [0.25, 0.3) is 17.0 Å². The van der Waals surface area contributed by atoms with Crippen LogP contribution in [0.5, 0.6) is 0 Å². The van der Waals surface area contributed by atoms with Crippen molar-refractivity contribution in [3.8, 4) is 36.4 Å². The van der Waals surface area contributed by atoms with Crippen molar-refractivity contribution in [2.75, 3.05) is 0 Å². The van der Waals surface area contributed by atoms with Crippen molar-refractivity contribution in [3.05, 3.63) is 250 Å². The van der Waals surface area contributed by atoms with Crippen LogP contribution in [0.15, 0.2) is 183 Å². The standard InChI is InChI=1S/3C14H11ClN4S.3C12H9ClN2.3CH4N2S/c15-9-19-14(17)20-8-11-2-1-10-7-18-6-4-13(10)12(11)3-5-16;15-9-19-14(17)20-8-10-3-4-13-12(2-1-7-18-13)11(10)5-6-16;15-9-19-14(17)20-8-10-7-18-13-4-2-1-3-12(13)11(10)5-6-16;13-7-9-1-2-10-8-15-6-4-12(10)11(9)3-5-14;13-8-9-3-4-12-11(2-1-7-15-12)10(9)5-6-14;13-7-9-8-15-12-4-2-1-3-11(12)10(9)5-6-14;3*2-1(3)4/h1-2,4,6-7,9,17H,3,8H2;2*1-4,7,9,17H,5,8H2;1-2,4,6,8H,3,7H2;1-4,7H,5,8H2;1-4,8H,5,7H2;3*(H4,2,3,4)/p+3. The van der Waals surface area contributed by atoms with Crippen molar-refractivity contribution in [1.82, 2.24) is 43.9 Å². The number of benzene rings is 6. The molecule has 0 atom stereocenters. The molecule has 0 saturated carbocycles. The van der Waals surface area contributed by atoms with Gasteiger partial charge in [-0.25, -0.2) is 0 Å². The lowest BCUT2D eigenvalue weighted by molar-refractivity contribution is 1.18. The van der Waals surface area contributed by atoms with Crippen LogP contribution in [0.1, 0.15) is 66.8 Å². The van der Waals surface area contributed by atoms with E-state index in [-0.39, 0.29) is 15.3 Å². The third-order valence-corrected chi connectivity index (χ3v) is 19.3. The number of halogens is 6. The molecule has 0 saturated heterocycles. The van der Waals surface area contributed by atoms with E-state index < -0.39 is 0 Å². The number of thiocarbonyl (C=S) groups is 3. The Morgan fingerprint density at radius 1 is 0.325 bits per heavy atom. The Bertz CT molecular complexity index is 5320. The zero-order chi connectivity index (χ0) is 85.9. The Hall–Kier alpha value is -11.7. The second kappa shape index (κ2) is 55.8. The minimum Gasteiger partial charge on any atom is -0.377 e. The Kier molecular flexibility index (Phi) is 46.6. The number of hydrogen-bond acceptors (Lipinski definition) is 18. The first-order valence-electron chi connectivity index (χ1n) is 33.9. The SMILES string of the molecule is N#CCc1c(CCl)ccc2cnccc12.N#CCc1c(CCl)ccc2ncccc12.N#CCc1c(CCl)cnc2ccccc12.N#CCc1c(CSC(N)=[N+]=CCl)ccc2cnccc12.N#CCc1c(CSC(N)=[N+]=CCl)ccc2ncccc12.N#CCc1c(CSC(N)=[N+]=CCl)cnc2ccccc12.NC(N)=S.NC(N)=S.NC(N)=S. The van der Waals surface area contributed by atoms with Gasteiger partial charge in [-0.1, -0.05) is 84.9 Å². The third-order valence-electron chi connectivity index (χ3n) is 15.6. The summed E-state index contributed by atoms with van der Waals surface area (Å²) in [6, 6.07) is 56.0. The zero-order valence-electron chi connectivity index (χ0n) is 62.2. The maximum Gasteiger partial charge on any atom is 0.403 e. The van der Waals surface area contributed by atoms with Crippen molar-refractivity contribution in [2.24, 2.45) is 51.6 Å². The molecule has 6 heterocycles. The van der Waals surface area contributed by atoms with Crippen LogP contribution in [-0.4, -0.2) is 77.8 Å². The van der Waals surface area contributed by atoms with E-state index in [9.17, 15) is 0 Å². The molecule has 0 bridgehead atoms. The molecule has 12 aromatic rings. The number of alkyl halides is 3. The number of nitrogens with zero attached hydrogens (tertiary/aromatic N) is 15. The highest BCUT2D eigenvalue weighted by atomic mass is 35.5. The predicted octanol–water partition coefficient (Wildman–Crippen LogP) is 13.2. The smallest absolute Gasteiger partial charge is 0.377 e. The fourth-order valence-corrected chi connectivity index (χ4v) is 14.1. The van der Waals surface area contributed by atoms with Gasteiger partial charge in [-0.05, 0) is 233 Å². The van der Waals surface area contributed by atoms with Gasteiger partial charge in [-0.2, -0.15) is 45.6 Å². The average Bonchev–Trinajstić information content (AvgIpc) is 0.832. The lowest BCUT2D eigenvalue weighted by atomic mass is 9.99. The molecule has 12 rings (SSSR count). The summed E-state index contributed by atoms with van der Waals surface area (Å²) < 4.78 is 11.4. The molecule has 0 fully saturated rings. The molecule has 0 radical (unpaired) electrons. The molecule has 6 aromatic carbocycles. The molecule has 0 aliphatic rings. The van der Waals surface area contributed by atoms with E-state index in [1.165, 1.54) is 35.3 Å². The first-order valence-corrected chi connectivity index (χ1v) is 41.0. The minimum absolute atomic E-state index is 0.000000000000000222. The summed E-state index contributed by atoms with van der Waals surface area (Å²) in [5, 5.41) is 62.9. The number of pyridine rings is 6. The zero-order valence-corrected chi connectivity index (χ0v) is 71.6. The average molecular weight is 1790 g/mol. The van der Waals surface area contributed by atoms with Crippen LogP contribution in [0.25, 0.3) is 65.2 Å². The third kappa shape index (κ3) is 33.6. The number of amidine groups is 3. The van der Waals surface area contributed by atoms with Gasteiger partial charge in [0, 0.05) is 117 Å². The van der Waals surface area contributed by atoms with Gasteiger partial charge in [-0.15, -0.1) is 34.8 Å². The van der Waals surface area contributed by atoms with Crippen LogP contribution in [0.3, 0.4) is 0 Å². The number of rotatable bonds is 15. The normalized spacial score (nSPS) is 9.54. The van der Waals surface area contributed by atoms with Crippen LogP contribution in [0.4, 0.5) is 0 Å². The lowest BCUT2D eigenvalue weighted by Crippen LogP contribution is -2.18. The first kappa shape index (κ1) is 97.7. The van der Waals surface area contributed by atoms with E-state index in [1.54, 1.807) is 49.6 Å². The van der Waals surface area contributed by atoms with Crippen LogP contribution >= 0.6 is 142 Å². The summed E-state index contributed by atoms with van der Waals surface area (Å²) in [5.41, 5.74) is 63.9. The number of fused-ring (bicyclic) bond motifs is 6. The molecule has 117 heavy (non-hydrogen) atoms. The number of nitrogens with two attached hydrogens (primary N) is 9. The summed E-state index contributed by atoms with van der Waals surface area (Å²) in [6.07, 6.45) is 16.3. The van der Waals surface area contributed by atoms with Gasteiger partial charge in [0.1, 0.15) is 0 Å². The quantitative estimate of drug-likeness (QED) is 0.0151. The van der Waals surface area contributed by atoms with Gasteiger partial charge < -0.3 is 34.4 Å². The van der Waals surface area contributed by atoms with Crippen LogP contribution in [0, 0.1) is 68.0 Å². The Labute approximate surface area is 734 Å². The molecule has 0 unspecified atom stereocenters. The monoisotopic (exact) mass is 1790 g/mol. The highest BCUT2D eigenvalue weighted by Crippen LogP contribution is 2.30. The fraction of sp³-hybridized carbons (Fsp3) is 0.148. The largest absolute Gasteiger partial charge is 0.403 e. The highest BCUT2D eigenvalue weighted by molar-refractivity contribution is 8.13. The summed E-state index contributed by atoms with van der Waals surface area (Å²) >= 11 is 50.1. The Morgan fingerprint density at radius 2 is 0.598 bits per heavy atom. The van der Waals surface area contributed by atoms with Gasteiger partial charge in [0.15, 0.2) is 15.3 Å². The van der Waals surface area contributed by atoms with Gasteiger partial charge in [0.2, 0.25) is 0 Å². The van der Waals surface area contributed by atoms with Crippen molar-refractivity contribution in [3.63, 3.8) is 0 Å². The van der Waals surface area contributed by atoms with Gasteiger partial charge in [0.05, 0.1) is 97.0 Å². The van der Waals surface area contributed by atoms with Gasteiger partial charge >= 0.3 is 15.5 Å². The maximum atomic E-state index is 9.02. The van der Waals surface area contributed by atoms with Crippen molar-refractivity contribution >= 4 is 255 Å². The Morgan fingerprint density at radius 3 is 0.957 bits per heavy atom. The van der Waals surface area contributed by atoms with E-state index in [2.05, 4.69) is 151 Å². The molecule has 0 amide bonds. The fourth-order valence-electron chi connectivity index (χ4n) is 10.8. The summed E-state index contributed by atoms with van der Waals surface area (Å²) in [5.74, 6) is 3.16.